The summed E-state index contributed by atoms with van der Waals surface area (Å²) in [6, 6.07) is 16.0. The van der Waals surface area contributed by atoms with Crippen LogP contribution in [0, 0.1) is 0 Å². The number of ether oxygens (including phenoxy) is 2. The number of nitrogens with zero attached hydrogens (tertiary/aromatic N) is 4. The molecule has 2 heterocycles. The Hall–Kier alpha value is -2.67. The first-order chi connectivity index (χ1) is 12.8. The molecule has 0 saturated carbocycles. The summed E-state index contributed by atoms with van der Waals surface area (Å²) in [5.74, 6) is 3.26. The van der Waals surface area contributed by atoms with Gasteiger partial charge in [-0.3, -0.25) is 4.40 Å². The highest BCUT2D eigenvalue weighted by Gasteiger charge is 2.15. The van der Waals surface area contributed by atoms with Gasteiger partial charge in [0, 0.05) is 18.4 Å². The van der Waals surface area contributed by atoms with E-state index in [1.54, 1.807) is 18.9 Å². The number of imidazole rings is 1. The van der Waals surface area contributed by atoms with Gasteiger partial charge in [-0.15, -0.1) is 10.2 Å². The second kappa shape index (κ2) is 7.29. The smallest absolute Gasteiger partial charge is 0.237 e. The minimum absolute atomic E-state index is 0.583. The number of methoxy groups -OCH3 is 1. The van der Waals surface area contributed by atoms with Gasteiger partial charge >= 0.3 is 0 Å². The molecule has 26 heavy (non-hydrogen) atoms. The van der Waals surface area contributed by atoms with Gasteiger partial charge in [0.05, 0.1) is 24.8 Å². The van der Waals surface area contributed by atoms with E-state index in [-0.39, 0.29) is 0 Å². The Balaban J connectivity index is 1.49. The summed E-state index contributed by atoms with van der Waals surface area (Å²) in [6.07, 6.45) is 0. The highest BCUT2D eigenvalue weighted by molar-refractivity contribution is 7.99. The fraction of sp³-hybridized carbons (Fsp3) is 0.263. The Morgan fingerprint density at radius 1 is 1.00 bits per heavy atom. The maximum absolute atomic E-state index is 5.81. The average Bonchev–Trinajstić information content (AvgIpc) is 3.23. The molecule has 0 spiro atoms. The van der Waals surface area contributed by atoms with Crippen molar-refractivity contribution >= 4 is 28.6 Å². The SMILES string of the molecule is CCn1c2ccccc2n2c(SCCOc3cccc(OC)c3)nnc12. The van der Waals surface area contributed by atoms with Gasteiger partial charge in [-0.1, -0.05) is 30.0 Å². The van der Waals surface area contributed by atoms with Crippen molar-refractivity contribution < 1.29 is 9.47 Å². The first-order valence-corrected chi connectivity index (χ1v) is 9.52. The van der Waals surface area contributed by atoms with Crippen LogP contribution in [0.15, 0.2) is 53.7 Å². The minimum atomic E-state index is 0.583. The molecule has 0 fully saturated rings. The molecule has 0 amide bonds. The molecular formula is C19H20N4O2S. The quantitative estimate of drug-likeness (QED) is 0.366. The first-order valence-electron chi connectivity index (χ1n) is 8.54. The molecule has 0 bridgehead atoms. The van der Waals surface area contributed by atoms with Crippen LogP contribution in [0.25, 0.3) is 16.8 Å². The lowest BCUT2D eigenvalue weighted by Crippen LogP contribution is -2.01. The zero-order chi connectivity index (χ0) is 17.9. The molecule has 0 unspecified atom stereocenters. The second-order valence-electron chi connectivity index (χ2n) is 5.73. The Morgan fingerprint density at radius 3 is 2.62 bits per heavy atom. The van der Waals surface area contributed by atoms with Crippen LogP contribution in [0.1, 0.15) is 6.92 Å². The number of aromatic nitrogens is 4. The van der Waals surface area contributed by atoms with Crippen LogP contribution in [0.4, 0.5) is 0 Å². The maximum Gasteiger partial charge on any atom is 0.237 e. The van der Waals surface area contributed by atoms with E-state index in [1.807, 2.05) is 30.3 Å². The molecule has 0 aliphatic heterocycles. The lowest BCUT2D eigenvalue weighted by molar-refractivity contribution is 0.339. The second-order valence-corrected chi connectivity index (χ2v) is 6.79. The third-order valence-electron chi connectivity index (χ3n) is 4.21. The van der Waals surface area contributed by atoms with Gasteiger partial charge in [0.15, 0.2) is 5.16 Å². The van der Waals surface area contributed by atoms with Crippen molar-refractivity contribution in [2.75, 3.05) is 19.5 Å². The lowest BCUT2D eigenvalue weighted by atomic mass is 10.3. The van der Waals surface area contributed by atoms with E-state index in [9.17, 15) is 0 Å². The Labute approximate surface area is 155 Å². The molecule has 6 nitrogen and oxygen atoms in total. The van der Waals surface area contributed by atoms with E-state index in [2.05, 4.69) is 44.3 Å². The van der Waals surface area contributed by atoms with Crippen LogP contribution >= 0.6 is 11.8 Å². The minimum Gasteiger partial charge on any atom is -0.497 e. The molecular weight excluding hydrogens is 348 g/mol. The summed E-state index contributed by atoms with van der Waals surface area (Å²) in [4.78, 5) is 0. The van der Waals surface area contributed by atoms with Crippen molar-refractivity contribution in [2.45, 2.75) is 18.6 Å². The zero-order valence-corrected chi connectivity index (χ0v) is 15.6. The van der Waals surface area contributed by atoms with Crippen LogP contribution < -0.4 is 9.47 Å². The van der Waals surface area contributed by atoms with Gasteiger partial charge in [0.2, 0.25) is 5.78 Å². The topological polar surface area (TPSA) is 53.6 Å². The Morgan fingerprint density at radius 2 is 1.81 bits per heavy atom. The summed E-state index contributed by atoms with van der Waals surface area (Å²) in [5, 5.41) is 9.64. The molecule has 0 N–H and O–H groups in total. The molecule has 0 radical (unpaired) electrons. The third-order valence-corrected chi connectivity index (χ3v) is 5.10. The van der Waals surface area contributed by atoms with Gasteiger partial charge in [-0.2, -0.15) is 0 Å². The third kappa shape index (κ3) is 2.99. The van der Waals surface area contributed by atoms with E-state index in [0.717, 1.165) is 40.2 Å². The Bertz CT molecular complexity index is 1040. The molecule has 134 valence electrons. The highest BCUT2D eigenvalue weighted by atomic mass is 32.2. The van der Waals surface area contributed by atoms with Crippen LogP contribution in [0.3, 0.4) is 0 Å². The van der Waals surface area contributed by atoms with Gasteiger partial charge in [-0.25, -0.2) is 0 Å². The maximum atomic E-state index is 5.81. The zero-order valence-electron chi connectivity index (χ0n) is 14.8. The van der Waals surface area contributed by atoms with Crippen LogP contribution in [0.2, 0.25) is 0 Å². The molecule has 0 aliphatic carbocycles. The van der Waals surface area contributed by atoms with Crippen molar-refractivity contribution in [1.29, 1.82) is 0 Å². The number of rotatable bonds is 7. The lowest BCUT2D eigenvalue weighted by Gasteiger charge is -2.07. The molecule has 2 aromatic carbocycles. The number of aryl methyl sites for hydroxylation is 1. The molecule has 0 aliphatic rings. The van der Waals surface area contributed by atoms with E-state index in [0.29, 0.717) is 6.61 Å². The largest absolute Gasteiger partial charge is 0.497 e. The van der Waals surface area contributed by atoms with E-state index in [1.165, 1.54) is 5.52 Å². The Kier molecular flexibility index (Phi) is 4.71. The monoisotopic (exact) mass is 368 g/mol. The van der Waals surface area contributed by atoms with Crippen LogP contribution in [0.5, 0.6) is 11.5 Å². The summed E-state index contributed by atoms with van der Waals surface area (Å²) in [5.41, 5.74) is 2.31. The van der Waals surface area contributed by atoms with E-state index >= 15 is 0 Å². The van der Waals surface area contributed by atoms with Crippen molar-refractivity contribution in [3.63, 3.8) is 0 Å². The number of fused-ring (bicyclic) bond motifs is 3. The predicted molar refractivity (Wildman–Crippen MR) is 103 cm³/mol. The summed E-state index contributed by atoms with van der Waals surface area (Å²) < 4.78 is 15.3. The molecule has 4 aromatic rings. The first kappa shape index (κ1) is 16.8. The van der Waals surface area contributed by atoms with E-state index < -0.39 is 0 Å². The summed E-state index contributed by atoms with van der Waals surface area (Å²) >= 11 is 1.64. The van der Waals surface area contributed by atoms with E-state index in [4.69, 9.17) is 9.47 Å². The van der Waals surface area contributed by atoms with Crippen LogP contribution in [-0.2, 0) is 6.54 Å². The number of hydrogen-bond donors (Lipinski definition) is 0. The fourth-order valence-electron chi connectivity index (χ4n) is 3.03. The normalized spacial score (nSPS) is 11.3. The molecule has 0 saturated heterocycles. The predicted octanol–water partition coefficient (Wildman–Crippen LogP) is 3.88. The van der Waals surface area contributed by atoms with Gasteiger partial charge in [0.25, 0.3) is 0 Å². The van der Waals surface area contributed by atoms with Crippen molar-refractivity contribution in [1.82, 2.24) is 19.2 Å². The summed E-state index contributed by atoms with van der Waals surface area (Å²) in [7, 11) is 1.65. The van der Waals surface area contributed by atoms with Gasteiger partial charge < -0.3 is 14.0 Å². The highest BCUT2D eigenvalue weighted by Crippen LogP contribution is 2.26. The van der Waals surface area contributed by atoms with Crippen molar-refractivity contribution in [3.05, 3.63) is 48.5 Å². The number of para-hydroxylation sites is 2. The number of thioether (sulfide) groups is 1. The van der Waals surface area contributed by atoms with Gasteiger partial charge in [0.1, 0.15) is 11.5 Å². The molecule has 7 heteroatoms. The van der Waals surface area contributed by atoms with Crippen molar-refractivity contribution in [3.8, 4) is 11.5 Å². The number of benzene rings is 2. The summed E-state index contributed by atoms with van der Waals surface area (Å²) in [6.45, 7) is 3.56. The fourth-order valence-corrected chi connectivity index (χ4v) is 3.78. The molecule has 2 aromatic heterocycles. The number of hydrogen-bond acceptors (Lipinski definition) is 5. The molecule has 4 rings (SSSR count). The van der Waals surface area contributed by atoms with Crippen molar-refractivity contribution in [2.24, 2.45) is 0 Å². The average molecular weight is 368 g/mol. The standard InChI is InChI=1S/C19H20N4O2S/c1-3-22-16-9-4-5-10-17(16)23-18(22)20-21-19(23)26-12-11-25-15-8-6-7-14(13-15)24-2/h4-10,13H,3,11-12H2,1-2H3. The van der Waals surface area contributed by atoms with Gasteiger partial charge in [-0.05, 0) is 31.2 Å². The molecule has 0 atom stereocenters. The van der Waals surface area contributed by atoms with Crippen LogP contribution in [-0.4, -0.2) is 38.6 Å².